The molecule has 0 aliphatic carbocycles. The monoisotopic (exact) mass is 293 g/mol. The standard InChI is InChI=1S/C15H27N5O/c1-10(2)12-6-5-8-20(9-7-12)14-17-13(16)18-15(19-14)21-11(3)4/h10-12H,5-9H2,1-4H3,(H2,16,17,18,19). The molecule has 118 valence electrons. The molecule has 1 aromatic heterocycles. The molecule has 0 aromatic carbocycles. The summed E-state index contributed by atoms with van der Waals surface area (Å²) in [6.07, 6.45) is 3.62. The summed E-state index contributed by atoms with van der Waals surface area (Å²) >= 11 is 0. The lowest BCUT2D eigenvalue weighted by Crippen LogP contribution is -2.27. The Balaban J connectivity index is 2.12. The Morgan fingerprint density at radius 2 is 1.86 bits per heavy atom. The maximum absolute atomic E-state index is 5.79. The highest BCUT2D eigenvalue weighted by molar-refractivity contribution is 5.36. The number of hydrogen-bond acceptors (Lipinski definition) is 6. The van der Waals surface area contributed by atoms with Crippen LogP contribution in [-0.4, -0.2) is 34.1 Å². The normalized spacial score (nSPS) is 19.9. The molecule has 1 atom stereocenters. The Morgan fingerprint density at radius 3 is 2.52 bits per heavy atom. The molecule has 2 rings (SSSR count). The van der Waals surface area contributed by atoms with Crippen molar-refractivity contribution in [2.75, 3.05) is 23.7 Å². The van der Waals surface area contributed by atoms with Crippen molar-refractivity contribution in [3.63, 3.8) is 0 Å². The second-order valence-corrected chi connectivity index (χ2v) is 6.36. The summed E-state index contributed by atoms with van der Waals surface area (Å²) < 4.78 is 5.55. The zero-order valence-electron chi connectivity index (χ0n) is 13.5. The largest absolute Gasteiger partial charge is 0.461 e. The van der Waals surface area contributed by atoms with Crippen LogP contribution in [0.4, 0.5) is 11.9 Å². The van der Waals surface area contributed by atoms with Crippen LogP contribution in [0.1, 0.15) is 47.0 Å². The van der Waals surface area contributed by atoms with E-state index >= 15 is 0 Å². The van der Waals surface area contributed by atoms with Gasteiger partial charge in [-0.3, -0.25) is 0 Å². The number of nitrogens with zero attached hydrogens (tertiary/aromatic N) is 4. The summed E-state index contributed by atoms with van der Waals surface area (Å²) in [5, 5.41) is 0. The Labute approximate surface area is 127 Å². The molecule has 1 aliphatic rings. The molecular weight excluding hydrogens is 266 g/mol. The van der Waals surface area contributed by atoms with Gasteiger partial charge in [-0.05, 0) is 44.9 Å². The molecule has 6 heteroatoms. The quantitative estimate of drug-likeness (QED) is 0.919. The van der Waals surface area contributed by atoms with Crippen LogP contribution in [0, 0.1) is 11.8 Å². The Hall–Kier alpha value is -1.59. The first-order valence-electron chi connectivity index (χ1n) is 7.89. The smallest absolute Gasteiger partial charge is 0.323 e. The van der Waals surface area contributed by atoms with Crippen LogP contribution in [0.15, 0.2) is 0 Å². The van der Waals surface area contributed by atoms with Crippen LogP contribution in [0.2, 0.25) is 0 Å². The van der Waals surface area contributed by atoms with Crippen molar-refractivity contribution in [3.05, 3.63) is 0 Å². The zero-order valence-corrected chi connectivity index (χ0v) is 13.5. The summed E-state index contributed by atoms with van der Waals surface area (Å²) in [7, 11) is 0. The summed E-state index contributed by atoms with van der Waals surface area (Å²) in [4.78, 5) is 14.9. The van der Waals surface area contributed by atoms with Gasteiger partial charge in [0.1, 0.15) is 0 Å². The number of nitrogens with two attached hydrogens (primary N) is 1. The molecule has 1 aromatic rings. The van der Waals surface area contributed by atoms with Crippen LogP contribution in [0.3, 0.4) is 0 Å². The highest BCUT2D eigenvalue weighted by Crippen LogP contribution is 2.26. The summed E-state index contributed by atoms with van der Waals surface area (Å²) in [5.41, 5.74) is 5.79. The van der Waals surface area contributed by atoms with Crippen molar-refractivity contribution in [3.8, 4) is 6.01 Å². The van der Waals surface area contributed by atoms with E-state index in [1.54, 1.807) is 0 Å². The van der Waals surface area contributed by atoms with E-state index in [0.717, 1.165) is 31.3 Å². The highest BCUT2D eigenvalue weighted by atomic mass is 16.5. The number of hydrogen-bond donors (Lipinski definition) is 1. The van der Waals surface area contributed by atoms with E-state index in [0.29, 0.717) is 12.0 Å². The van der Waals surface area contributed by atoms with E-state index in [9.17, 15) is 0 Å². The lowest BCUT2D eigenvalue weighted by Gasteiger charge is -2.22. The van der Waals surface area contributed by atoms with Crippen LogP contribution in [0.25, 0.3) is 0 Å². The lowest BCUT2D eigenvalue weighted by molar-refractivity contribution is 0.222. The van der Waals surface area contributed by atoms with Crippen LogP contribution in [-0.2, 0) is 0 Å². The molecule has 0 bridgehead atoms. The second kappa shape index (κ2) is 6.91. The minimum absolute atomic E-state index is 0.0223. The topological polar surface area (TPSA) is 77.2 Å². The summed E-state index contributed by atoms with van der Waals surface area (Å²) in [5.74, 6) is 2.37. The predicted octanol–water partition coefficient (Wildman–Crippen LogP) is 2.50. The number of nitrogen functional groups attached to an aromatic ring is 1. The van der Waals surface area contributed by atoms with Gasteiger partial charge < -0.3 is 15.4 Å². The summed E-state index contributed by atoms with van der Waals surface area (Å²) in [6, 6.07) is 0.317. The van der Waals surface area contributed by atoms with Gasteiger partial charge in [0.15, 0.2) is 0 Å². The maximum atomic E-state index is 5.79. The van der Waals surface area contributed by atoms with Gasteiger partial charge >= 0.3 is 6.01 Å². The third-order valence-corrected chi connectivity index (χ3v) is 3.96. The van der Waals surface area contributed by atoms with Gasteiger partial charge in [0, 0.05) is 13.1 Å². The zero-order chi connectivity index (χ0) is 15.4. The molecule has 1 unspecified atom stereocenters. The fourth-order valence-corrected chi connectivity index (χ4v) is 2.75. The van der Waals surface area contributed by atoms with E-state index < -0.39 is 0 Å². The van der Waals surface area contributed by atoms with Gasteiger partial charge in [0.25, 0.3) is 0 Å². The van der Waals surface area contributed by atoms with Crippen LogP contribution in [0.5, 0.6) is 6.01 Å². The van der Waals surface area contributed by atoms with Crippen molar-refractivity contribution in [1.29, 1.82) is 0 Å². The molecule has 1 saturated heterocycles. The van der Waals surface area contributed by atoms with Crippen molar-refractivity contribution >= 4 is 11.9 Å². The first-order valence-corrected chi connectivity index (χ1v) is 7.89. The Morgan fingerprint density at radius 1 is 1.10 bits per heavy atom. The second-order valence-electron chi connectivity index (χ2n) is 6.36. The van der Waals surface area contributed by atoms with Gasteiger partial charge in [0.05, 0.1) is 6.10 Å². The van der Waals surface area contributed by atoms with Gasteiger partial charge in [-0.2, -0.15) is 15.0 Å². The van der Waals surface area contributed by atoms with Gasteiger partial charge in [-0.15, -0.1) is 0 Å². The van der Waals surface area contributed by atoms with Crippen molar-refractivity contribution in [2.45, 2.75) is 53.1 Å². The molecular formula is C15H27N5O. The van der Waals surface area contributed by atoms with Crippen molar-refractivity contribution in [1.82, 2.24) is 15.0 Å². The first-order chi connectivity index (χ1) is 9.95. The van der Waals surface area contributed by atoms with E-state index in [2.05, 4.69) is 33.7 Å². The van der Waals surface area contributed by atoms with Crippen LogP contribution < -0.4 is 15.4 Å². The van der Waals surface area contributed by atoms with Gasteiger partial charge in [-0.1, -0.05) is 13.8 Å². The minimum atomic E-state index is 0.0223. The molecule has 0 radical (unpaired) electrons. The van der Waals surface area contributed by atoms with E-state index in [-0.39, 0.29) is 12.1 Å². The number of anilines is 2. The average molecular weight is 293 g/mol. The molecule has 0 spiro atoms. The molecule has 2 heterocycles. The Kier molecular flexibility index (Phi) is 5.20. The molecule has 1 fully saturated rings. The fourth-order valence-electron chi connectivity index (χ4n) is 2.75. The minimum Gasteiger partial charge on any atom is -0.461 e. The van der Waals surface area contributed by atoms with E-state index in [1.807, 2.05) is 13.8 Å². The first kappa shape index (κ1) is 15.8. The summed E-state index contributed by atoms with van der Waals surface area (Å²) in [6.45, 7) is 10.4. The number of rotatable bonds is 4. The molecule has 6 nitrogen and oxygen atoms in total. The van der Waals surface area contributed by atoms with E-state index in [1.165, 1.54) is 12.8 Å². The molecule has 0 saturated carbocycles. The molecule has 2 N–H and O–H groups in total. The Bertz CT molecular complexity index is 463. The fraction of sp³-hybridized carbons (Fsp3) is 0.800. The van der Waals surface area contributed by atoms with E-state index in [4.69, 9.17) is 10.5 Å². The predicted molar refractivity (Wildman–Crippen MR) is 84.4 cm³/mol. The average Bonchev–Trinajstić information content (AvgIpc) is 2.62. The number of aromatic nitrogens is 3. The van der Waals surface area contributed by atoms with Crippen molar-refractivity contribution < 1.29 is 4.74 Å². The van der Waals surface area contributed by atoms with Crippen molar-refractivity contribution in [2.24, 2.45) is 11.8 Å². The molecule has 21 heavy (non-hydrogen) atoms. The SMILES string of the molecule is CC(C)Oc1nc(N)nc(N2CCCC(C(C)C)CC2)n1. The van der Waals surface area contributed by atoms with Gasteiger partial charge in [-0.25, -0.2) is 0 Å². The number of ether oxygens (including phenoxy) is 1. The maximum Gasteiger partial charge on any atom is 0.323 e. The van der Waals surface area contributed by atoms with Crippen LogP contribution >= 0.6 is 0 Å². The third kappa shape index (κ3) is 4.44. The lowest BCUT2D eigenvalue weighted by atomic mass is 9.89. The van der Waals surface area contributed by atoms with Gasteiger partial charge in [0.2, 0.25) is 11.9 Å². The highest BCUT2D eigenvalue weighted by Gasteiger charge is 2.22. The molecule has 0 amide bonds. The molecule has 1 aliphatic heterocycles. The third-order valence-electron chi connectivity index (χ3n) is 3.96.